The molecule has 0 spiro atoms. The fourth-order valence-corrected chi connectivity index (χ4v) is 1.66. The van der Waals surface area contributed by atoms with E-state index in [1.54, 1.807) is 0 Å². The van der Waals surface area contributed by atoms with Crippen LogP contribution in [0.3, 0.4) is 0 Å². The first-order valence-electron chi connectivity index (χ1n) is 5.44. The van der Waals surface area contributed by atoms with Crippen molar-refractivity contribution in [2.24, 2.45) is 0 Å². The van der Waals surface area contributed by atoms with E-state index in [0.717, 1.165) is 11.5 Å². The Bertz CT molecular complexity index is 367. The molecule has 82 valence electrons. The summed E-state index contributed by atoms with van der Waals surface area (Å²) in [5.41, 5.74) is 1.07. The van der Waals surface area contributed by atoms with Crippen molar-refractivity contribution in [1.82, 2.24) is 0 Å². The summed E-state index contributed by atoms with van der Waals surface area (Å²) >= 11 is 0. The number of ether oxygens (including phenoxy) is 2. The Morgan fingerprint density at radius 2 is 1.93 bits per heavy atom. The predicted molar refractivity (Wildman–Crippen MR) is 60.7 cm³/mol. The SMILES string of the molecule is CC(C)c1ccc2c(c1)OC(C)(C)CO2. The molecular weight excluding hydrogens is 188 g/mol. The molecule has 0 atom stereocenters. The van der Waals surface area contributed by atoms with Gasteiger partial charge in [0, 0.05) is 0 Å². The topological polar surface area (TPSA) is 18.5 Å². The third kappa shape index (κ3) is 2.09. The molecule has 0 amide bonds. The fourth-order valence-electron chi connectivity index (χ4n) is 1.66. The van der Waals surface area contributed by atoms with Crippen LogP contribution in [-0.4, -0.2) is 12.2 Å². The second-order valence-electron chi connectivity index (χ2n) is 5.01. The lowest BCUT2D eigenvalue weighted by Crippen LogP contribution is -2.38. The summed E-state index contributed by atoms with van der Waals surface area (Å²) in [6, 6.07) is 6.19. The van der Waals surface area contributed by atoms with Gasteiger partial charge in [-0.3, -0.25) is 0 Å². The Morgan fingerprint density at radius 1 is 1.20 bits per heavy atom. The van der Waals surface area contributed by atoms with Crippen molar-refractivity contribution in [1.29, 1.82) is 0 Å². The molecule has 0 N–H and O–H groups in total. The predicted octanol–water partition coefficient (Wildman–Crippen LogP) is 3.36. The van der Waals surface area contributed by atoms with Crippen LogP contribution >= 0.6 is 0 Å². The van der Waals surface area contributed by atoms with Gasteiger partial charge in [-0.1, -0.05) is 19.9 Å². The van der Waals surface area contributed by atoms with Gasteiger partial charge < -0.3 is 9.47 Å². The normalized spacial score (nSPS) is 17.9. The summed E-state index contributed by atoms with van der Waals surface area (Å²) in [6.45, 7) is 9.05. The van der Waals surface area contributed by atoms with E-state index >= 15 is 0 Å². The molecule has 1 aromatic carbocycles. The molecule has 1 aliphatic heterocycles. The first-order chi connectivity index (χ1) is 6.98. The van der Waals surface area contributed by atoms with Gasteiger partial charge in [-0.2, -0.15) is 0 Å². The van der Waals surface area contributed by atoms with Crippen molar-refractivity contribution in [3.05, 3.63) is 23.8 Å². The highest BCUT2D eigenvalue weighted by atomic mass is 16.6. The molecule has 0 fully saturated rings. The fraction of sp³-hybridized carbons (Fsp3) is 0.538. The van der Waals surface area contributed by atoms with Crippen molar-refractivity contribution in [3.63, 3.8) is 0 Å². The van der Waals surface area contributed by atoms with Gasteiger partial charge >= 0.3 is 0 Å². The summed E-state index contributed by atoms with van der Waals surface area (Å²) < 4.78 is 11.5. The molecule has 2 nitrogen and oxygen atoms in total. The van der Waals surface area contributed by atoms with E-state index in [-0.39, 0.29) is 5.60 Å². The zero-order valence-corrected chi connectivity index (χ0v) is 9.83. The van der Waals surface area contributed by atoms with E-state index in [1.165, 1.54) is 5.56 Å². The van der Waals surface area contributed by atoms with Gasteiger partial charge in [0.2, 0.25) is 0 Å². The first-order valence-corrected chi connectivity index (χ1v) is 5.44. The minimum absolute atomic E-state index is 0.220. The summed E-state index contributed by atoms with van der Waals surface area (Å²) in [7, 11) is 0. The monoisotopic (exact) mass is 206 g/mol. The van der Waals surface area contributed by atoms with Gasteiger partial charge in [-0.05, 0) is 37.5 Å². The molecule has 1 heterocycles. The highest BCUT2D eigenvalue weighted by Gasteiger charge is 2.28. The van der Waals surface area contributed by atoms with E-state index in [2.05, 4.69) is 26.0 Å². The Morgan fingerprint density at radius 3 is 2.60 bits per heavy atom. The van der Waals surface area contributed by atoms with Gasteiger partial charge in [-0.25, -0.2) is 0 Å². The van der Waals surface area contributed by atoms with E-state index in [4.69, 9.17) is 9.47 Å². The molecule has 0 unspecified atom stereocenters. The van der Waals surface area contributed by atoms with Gasteiger partial charge in [0.1, 0.15) is 12.2 Å². The van der Waals surface area contributed by atoms with E-state index in [9.17, 15) is 0 Å². The minimum Gasteiger partial charge on any atom is -0.486 e. The third-order valence-electron chi connectivity index (χ3n) is 2.60. The Kier molecular flexibility index (Phi) is 2.37. The van der Waals surface area contributed by atoms with Crippen LogP contribution in [-0.2, 0) is 0 Å². The number of benzene rings is 1. The maximum absolute atomic E-state index is 5.89. The number of rotatable bonds is 1. The standard InChI is InChI=1S/C13H18O2/c1-9(2)10-5-6-11-12(7-10)15-13(3,4)8-14-11/h5-7,9H,8H2,1-4H3. The van der Waals surface area contributed by atoms with E-state index in [0.29, 0.717) is 12.5 Å². The van der Waals surface area contributed by atoms with Crippen LogP contribution in [0.5, 0.6) is 11.5 Å². The maximum atomic E-state index is 5.89. The number of hydrogen-bond acceptors (Lipinski definition) is 2. The molecule has 2 rings (SSSR count). The van der Waals surface area contributed by atoms with E-state index < -0.39 is 0 Å². The average molecular weight is 206 g/mol. The lowest BCUT2D eigenvalue weighted by atomic mass is 10.0. The van der Waals surface area contributed by atoms with Crippen molar-refractivity contribution >= 4 is 0 Å². The van der Waals surface area contributed by atoms with Crippen LogP contribution in [0, 0.1) is 0 Å². The average Bonchev–Trinajstić information content (AvgIpc) is 2.15. The van der Waals surface area contributed by atoms with Gasteiger partial charge in [0.05, 0.1) is 0 Å². The van der Waals surface area contributed by atoms with Crippen LogP contribution in [0.25, 0.3) is 0 Å². The van der Waals surface area contributed by atoms with Crippen LogP contribution in [0.15, 0.2) is 18.2 Å². The van der Waals surface area contributed by atoms with E-state index in [1.807, 2.05) is 19.9 Å². The van der Waals surface area contributed by atoms with Crippen molar-refractivity contribution in [3.8, 4) is 11.5 Å². The molecule has 0 saturated carbocycles. The van der Waals surface area contributed by atoms with Gasteiger partial charge in [0.15, 0.2) is 11.5 Å². The van der Waals surface area contributed by atoms with Gasteiger partial charge in [-0.15, -0.1) is 0 Å². The second-order valence-corrected chi connectivity index (χ2v) is 5.01. The van der Waals surface area contributed by atoms with Crippen LogP contribution < -0.4 is 9.47 Å². The van der Waals surface area contributed by atoms with Crippen LogP contribution in [0.2, 0.25) is 0 Å². The lowest BCUT2D eigenvalue weighted by molar-refractivity contribution is 0.0212. The Balaban J connectivity index is 2.35. The Hall–Kier alpha value is -1.18. The Labute approximate surface area is 91.2 Å². The first kappa shape index (κ1) is 10.3. The zero-order valence-electron chi connectivity index (χ0n) is 9.83. The highest BCUT2D eigenvalue weighted by Crippen LogP contribution is 2.37. The second kappa shape index (κ2) is 3.44. The molecular formula is C13H18O2. The third-order valence-corrected chi connectivity index (χ3v) is 2.60. The summed E-state index contributed by atoms with van der Waals surface area (Å²) in [4.78, 5) is 0. The van der Waals surface area contributed by atoms with Crippen molar-refractivity contribution in [2.75, 3.05) is 6.61 Å². The van der Waals surface area contributed by atoms with Crippen molar-refractivity contribution in [2.45, 2.75) is 39.2 Å². The molecule has 2 heteroatoms. The smallest absolute Gasteiger partial charge is 0.162 e. The molecule has 0 saturated heterocycles. The summed E-state index contributed by atoms with van der Waals surface area (Å²) in [6.07, 6.45) is 0. The van der Waals surface area contributed by atoms with Crippen LogP contribution in [0.1, 0.15) is 39.2 Å². The quantitative estimate of drug-likeness (QED) is 0.701. The zero-order chi connectivity index (χ0) is 11.1. The lowest BCUT2D eigenvalue weighted by Gasteiger charge is -2.32. The molecule has 0 aromatic heterocycles. The van der Waals surface area contributed by atoms with Crippen molar-refractivity contribution < 1.29 is 9.47 Å². The molecule has 0 bridgehead atoms. The maximum Gasteiger partial charge on any atom is 0.162 e. The molecule has 15 heavy (non-hydrogen) atoms. The number of hydrogen-bond donors (Lipinski definition) is 0. The van der Waals surface area contributed by atoms with Gasteiger partial charge in [0.25, 0.3) is 0 Å². The molecule has 0 radical (unpaired) electrons. The largest absolute Gasteiger partial charge is 0.486 e. The molecule has 0 aliphatic carbocycles. The molecule has 1 aliphatic rings. The number of fused-ring (bicyclic) bond motifs is 1. The molecule has 1 aromatic rings. The highest BCUT2D eigenvalue weighted by molar-refractivity contribution is 5.45. The summed E-state index contributed by atoms with van der Waals surface area (Å²) in [5.74, 6) is 2.25. The van der Waals surface area contributed by atoms with Crippen LogP contribution in [0.4, 0.5) is 0 Å². The summed E-state index contributed by atoms with van der Waals surface area (Å²) in [5, 5.41) is 0. The minimum atomic E-state index is -0.220.